The molecule has 0 saturated heterocycles. The number of carbonyl (C=O) groups is 1. The fourth-order valence-electron chi connectivity index (χ4n) is 3.67. The highest BCUT2D eigenvalue weighted by Gasteiger charge is 2.38. The van der Waals surface area contributed by atoms with Crippen LogP contribution in [0.4, 0.5) is 4.39 Å². The van der Waals surface area contributed by atoms with Gasteiger partial charge in [-0.05, 0) is 18.2 Å². The predicted octanol–water partition coefficient (Wildman–Crippen LogP) is 2.66. The SMILES string of the molecule is CC(C)(C)c1nnc(C(=O)N2CCc3[nH]cnc3C2c2cc3cccc(F)n3n2)o1. The van der Waals surface area contributed by atoms with Crippen LogP contribution in [0.5, 0.6) is 0 Å². The second-order valence-corrected chi connectivity index (χ2v) is 8.33. The fourth-order valence-corrected chi connectivity index (χ4v) is 3.67. The Labute approximate surface area is 170 Å². The van der Waals surface area contributed by atoms with Crippen molar-refractivity contribution in [1.82, 2.24) is 34.7 Å². The van der Waals surface area contributed by atoms with Gasteiger partial charge in [-0.1, -0.05) is 26.8 Å². The van der Waals surface area contributed by atoms with Crippen molar-refractivity contribution in [1.29, 1.82) is 0 Å². The smallest absolute Gasteiger partial charge is 0.312 e. The molecule has 10 heteroatoms. The average Bonchev–Trinajstić information content (AvgIpc) is 3.44. The van der Waals surface area contributed by atoms with Gasteiger partial charge in [-0.15, -0.1) is 10.2 Å². The van der Waals surface area contributed by atoms with Crippen LogP contribution in [-0.2, 0) is 11.8 Å². The van der Waals surface area contributed by atoms with E-state index < -0.39 is 17.9 Å². The van der Waals surface area contributed by atoms with Crippen molar-refractivity contribution in [2.24, 2.45) is 0 Å². The molecule has 0 fully saturated rings. The van der Waals surface area contributed by atoms with Crippen LogP contribution < -0.4 is 0 Å². The van der Waals surface area contributed by atoms with Crippen LogP contribution >= 0.6 is 0 Å². The van der Waals surface area contributed by atoms with Crippen LogP contribution in [-0.4, -0.2) is 47.1 Å². The topological polar surface area (TPSA) is 105 Å². The van der Waals surface area contributed by atoms with E-state index in [2.05, 4.69) is 25.3 Å². The Morgan fingerprint density at radius 2 is 2.13 bits per heavy atom. The van der Waals surface area contributed by atoms with E-state index in [0.29, 0.717) is 35.8 Å². The summed E-state index contributed by atoms with van der Waals surface area (Å²) in [5, 5.41) is 12.4. The lowest BCUT2D eigenvalue weighted by molar-refractivity contribution is 0.0642. The van der Waals surface area contributed by atoms with Gasteiger partial charge in [-0.3, -0.25) is 4.79 Å². The minimum absolute atomic E-state index is 0.0844. The van der Waals surface area contributed by atoms with Gasteiger partial charge in [0.15, 0.2) is 0 Å². The summed E-state index contributed by atoms with van der Waals surface area (Å²) in [7, 11) is 0. The van der Waals surface area contributed by atoms with Crippen LogP contribution in [0.25, 0.3) is 5.52 Å². The number of imidazole rings is 1. The van der Waals surface area contributed by atoms with Gasteiger partial charge >= 0.3 is 11.8 Å². The molecule has 1 unspecified atom stereocenters. The first kappa shape index (κ1) is 18.5. The molecule has 9 nitrogen and oxygen atoms in total. The number of nitrogens with one attached hydrogen (secondary N) is 1. The monoisotopic (exact) mass is 409 g/mol. The number of amides is 1. The average molecular weight is 409 g/mol. The Balaban J connectivity index is 1.59. The molecular formula is C20H20FN7O2. The minimum Gasteiger partial charge on any atom is -0.416 e. The van der Waals surface area contributed by atoms with Gasteiger partial charge in [0.05, 0.1) is 23.2 Å². The first-order valence-corrected chi connectivity index (χ1v) is 9.64. The number of carbonyl (C=O) groups excluding carboxylic acids is 1. The lowest BCUT2D eigenvalue weighted by Gasteiger charge is -2.32. The van der Waals surface area contributed by atoms with E-state index in [1.165, 1.54) is 10.6 Å². The summed E-state index contributed by atoms with van der Waals surface area (Å²) in [6.07, 6.45) is 2.19. The lowest BCUT2D eigenvalue weighted by atomic mass is 9.97. The zero-order valence-corrected chi connectivity index (χ0v) is 16.8. The molecule has 0 saturated carbocycles. The first-order chi connectivity index (χ1) is 14.3. The molecule has 4 aromatic heterocycles. The number of fused-ring (bicyclic) bond motifs is 2. The molecule has 0 spiro atoms. The van der Waals surface area contributed by atoms with Gasteiger partial charge in [0.2, 0.25) is 11.8 Å². The number of aromatic amines is 1. The summed E-state index contributed by atoms with van der Waals surface area (Å²) in [5.41, 5.74) is 2.32. The zero-order chi connectivity index (χ0) is 21.0. The molecule has 5 heterocycles. The Hall–Kier alpha value is -3.56. The van der Waals surface area contributed by atoms with E-state index in [1.807, 2.05) is 20.8 Å². The van der Waals surface area contributed by atoms with Gasteiger partial charge in [0.1, 0.15) is 6.04 Å². The molecule has 0 bridgehead atoms. The van der Waals surface area contributed by atoms with E-state index in [-0.39, 0.29) is 11.3 Å². The summed E-state index contributed by atoms with van der Waals surface area (Å²) in [5.74, 6) is -0.593. The number of aromatic nitrogens is 6. The second-order valence-electron chi connectivity index (χ2n) is 8.33. The fraction of sp³-hybridized carbons (Fsp3) is 0.350. The summed E-state index contributed by atoms with van der Waals surface area (Å²) in [4.78, 5) is 22.5. The molecule has 1 N–H and O–H groups in total. The predicted molar refractivity (Wildman–Crippen MR) is 103 cm³/mol. The van der Waals surface area contributed by atoms with E-state index in [9.17, 15) is 9.18 Å². The molecule has 5 rings (SSSR count). The Morgan fingerprint density at radius 3 is 2.87 bits per heavy atom. The van der Waals surface area contributed by atoms with Gasteiger partial charge in [0, 0.05) is 24.1 Å². The molecule has 0 aromatic carbocycles. The molecule has 1 amide bonds. The number of pyridine rings is 1. The quantitative estimate of drug-likeness (QED) is 0.510. The second kappa shape index (κ2) is 6.48. The van der Waals surface area contributed by atoms with Crippen molar-refractivity contribution < 1.29 is 13.6 Å². The molecule has 30 heavy (non-hydrogen) atoms. The Kier molecular flexibility index (Phi) is 3.99. The molecule has 1 aliphatic rings. The molecule has 1 atom stereocenters. The molecule has 0 aliphatic carbocycles. The van der Waals surface area contributed by atoms with Crippen molar-refractivity contribution >= 4 is 11.4 Å². The third-order valence-electron chi connectivity index (χ3n) is 5.17. The third kappa shape index (κ3) is 2.87. The van der Waals surface area contributed by atoms with Crippen LogP contribution in [0.3, 0.4) is 0 Å². The van der Waals surface area contributed by atoms with Crippen molar-refractivity contribution in [3.8, 4) is 0 Å². The van der Waals surface area contributed by atoms with Gasteiger partial charge in [-0.2, -0.15) is 9.49 Å². The minimum atomic E-state index is -0.600. The molecule has 4 aromatic rings. The highest BCUT2D eigenvalue weighted by atomic mass is 19.1. The highest BCUT2D eigenvalue weighted by molar-refractivity contribution is 5.90. The first-order valence-electron chi connectivity index (χ1n) is 9.64. The van der Waals surface area contributed by atoms with Crippen molar-refractivity contribution in [2.45, 2.75) is 38.6 Å². The number of nitrogens with zero attached hydrogens (tertiary/aromatic N) is 6. The number of H-pyrrole nitrogens is 1. The maximum atomic E-state index is 14.2. The van der Waals surface area contributed by atoms with Gasteiger partial charge in [-0.25, -0.2) is 9.50 Å². The highest BCUT2D eigenvalue weighted by Crippen LogP contribution is 2.34. The summed E-state index contributed by atoms with van der Waals surface area (Å²) in [6.45, 7) is 6.20. The molecule has 154 valence electrons. The largest absolute Gasteiger partial charge is 0.416 e. The normalized spacial score (nSPS) is 16.8. The summed E-state index contributed by atoms with van der Waals surface area (Å²) in [6, 6.07) is 5.86. The maximum absolute atomic E-state index is 14.2. The Morgan fingerprint density at radius 1 is 1.30 bits per heavy atom. The van der Waals surface area contributed by atoms with Gasteiger partial charge in [0.25, 0.3) is 0 Å². The number of halogens is 1. The summed E-state index contributed by atoms with van der Waals surface area (Å²) < 4.78 is 21.1. The van der Waals surface area contributed by atoms with Crippen LogP contribution in [0.15, 0.2) is 35.0 Å². The van der Waals surface area contributed by atoms with Crippen LogP contribution in [0, 0.1) is 5.95 Å². The molecular weight excluding hydrogens is 389 g/mol. The van der Waals surface area contributed by atoms with E-state index in [0.717, 1.165) is 5.69 Å². The lowest BCUT2D eigenvalue weighted by Crippen LogP contribution is -2.41. The van der Waals surface area contributed by atoms with Crippen molar-refractivity contribution in [3.05, 3.63) is 65.4 Å². The standard InChI is InChI=1S/C20H20FN7O2/c1-20(2,3)19-25-24-17(30-19)18(29)27-8-7-12-15(23-10-22-12)16(27)13-9-11-5-4-6-14(21)28(11)26-13/h4-6,9-10,16H,7-8H2,1-3H3,(H,22,23). The van der Waals surface area contributed by atoms with Crippen LogP contribution in [0.1, 0.15) is 60.5 Å². The number of rotatable bonds is 2. The number of hydrogen-bond acceptors (Lipinski definition) is 6. The maximum Gasteiger partial charge on any atom is 0.312 e. The zero-order valence-electron chi connectivity index (χ0n) is 16.8. The third-order valence-corrected chi connectivity index (χ3v) is 5.17. The van der Waals surface area contributed by atoms with Gasteiger partial charge < -0.3 is 14.3 Å². The summed E-state index contributed by atoms with van der Waals surface area (Å²) >= 11 is 0. The van der Waals surface area contributed by atoms with Crippen LogP contribution in [0.2, 0.25) is 0 Å². The van der Waals surface area contributed by atoms with Crippen molar-refractivity contribution in [2.75, 3.05) is 6.54 Å². The van der Waals surface area contributed by atoms with E-state index >= 15 is 0 Å². The van der Waals surface area contributed by atoms with E-state index in [4.69, 9.17) is 4.42 Å². The Bertz CT molecular complexity index is 1250. The van der Waals surface area contributed by atoms with E-state index in [1.54, 1.807) is 29.4 Å². The van der Waals surface area contributed by atoms with Crippen molar-refractivity contribution in [3.63, 3.8) is 0 Å². The number of hydrogen-bond donors (Lipinski definition) is 1. The molecule has 0 radical (unpaired) electrons. The molecule has 1 aliphatic heterocycles.